The van der Waals surface area contributed by atoms with Gasteiger partial charge in [-0.3, -0.25) is 4.57 Å². The highest BCUT2D eigenvalue weighted by Gasteiger charge is 2.35. The number of halogens is 3. The van der Waals surface area contributed by atoms with Crippen LogP contribution in [0.3, 0.4) is 0 Å². The number of hydrogen-bond acceptors (Lipinski definition) is 7. The predicted octanol–water partition coefficient (Wildman–Crippen LogP) is 4.56. The molecule has 0 unspecified atom stereocenters. The van der Waals surface area contributed by atoms with Gasteiger partial charge in [-0.2, -0.15) is 13.2 Å². The summed E-state index contributed by atoms with van der Waals surface area (Å²) >= 11 is 1.04. The standard InChI is InChI=1S/C19H14F3N5O2S2/c1-31(28,29)14-9-7-13(8-10-14)27-11-15(19(20,21)22)24-16(27)17-25-26-18(30-17)23-12-5-3-2-4-6-12/h2-11H,1H3,(H,23,26). The Morgan fingerprint density at radius 3 is 2.29 bits per heavy atom. The first-order valence-electron chi connectivity index (χ1n) is 8.74. The van der Waals surface area contributed by atoms with E-state index in [-0.39, 0.29) is 15.7 Å². The van der Waals surface area contributed by atoms with E-state index in [2.05, 4.69) is 20.5 Å². The molecule has 0 aliphatic heterocycles. The Morgan fingerprint density at radius 1 is 1.00 bits per heavy atom. The number of hydrogen-bond donors (Lipinski definition) is 1. The topological polar surface area (TPSA) is 89.8 Å². The van der Waals surface area contributed by atoms with Gasteiger partial charge in [-0.05, 0) is 36.4 Å². The quantitative estimate of drug-likeness (QED) is 0.465. The SMILES string of the molecule is CS(=O)(=O)c1ccc(-n2cc(C(F)(F)F)nc2-c2nnc(Nc3ccccc3)s2)cc1. The lowest BCUT2D eigenvalue weighted by molar-refractivity contribution is -0.140. The van der Waals surface area contributed by atoms with E-state index >= 15 is 0 Å². The Kier molecular flexibility index (Phi) is 5.27. The molecule has 2 aromatic carbocycles. The number of sulfone groups is 1. The molecule has 1 N–H and O–H groups in total. The van der Waals surface area contributed by atoms with Gasteiger partial charge in [0.2, 0.25) is 5.13 Å². The molecule has 0 spiro atoms. The van der Waals surface area contributed by atoms with Crippen LogP contribution in [0.25, 0.3) is 16.5 Å². The molecule has 7 nitrogen and oxygen atoms in total. The Balaban J connectivity index is 1.75. The number of alkyl halides is 3. The fourth-order valence-corrected chi connectivity index (χ4v) is 4.11. The lowest BCUT2D eigenvalue weighted by atomic mass is 10.3. The van der Waals surface area contributed by atoms with Crippen molar-refractivity contribution in [3.8, 4) is 16.5 Å². The highest BCUT2D eigenvalue weighted by molar-refractivity contribution is 7.90. The van der Waals surface area contributed by atoms with E-state index in [1.54, 1.807) is 0 Å². The Bertz CT molecular complexity index is 1310. The Labute approximate surface area is 179 Å². The molecule has 31 heavy (non-hydrogen) atoms. The largest absolute Gasteiger partial charge is 0.434 e. The molecule has 0 aliphatic rings. The molecule has 160 valence electrons. The zero-order valence-corrected chi connectivity index (χ0v) is 17.5. The molecular weight excluding hydrogens is 451 g/mol. The van der Waals surface area contributed by atoms with Gasteiger partial charge in [-0.25, -0.2) is 13.4 Å². The van der Waals surface area contributed by atoms with Crippen LogP contribution in [-0.4, -0.2) is 34.4 Å². The molecule has 0 saturated carbocycles. The molecule has 2 heterocycles. The second kappa shape index (κ2) is 7.78. The summed E-state index contributed by atoms with van der Waals surface area (Å²) < 4.78 is 64.5. The maximum atomic E-state index is 13.3. The summed E-state index contributed by atoms with van der Waals surface area (Å²) in [6.07, 6.45) is -2.77. The molecular formula is C19H14F3N5O2S2. The van der Waals surface area contributed by atoms with E-state index < -0.39 is 21.7 Å². The minimum Gasteiger partial charge on any atom is -0.330 e. The summed E-state index contributed by atoms with van der Waals surface area (Å²) in [6.45, 7) is 0. The van der Waals surface area contributed by atoms with Crippen LogP contribution in [0.1, 0.15) is 5.69 Å². The number of imidazole rings is 1. The third-order valence-corrected chi connectivity index (χ3v) is 6.14. The second-order valence-corrected chi connectivity index (χ2v) is 9.48. The molecule has 0 atom stereocenters. The highest BCUT2D eigenvalue weighted by atomic mass is 32.2. The van der Waals surface area contributed by atoms with Crippen molar-refractivity contribution in [1.29, 1.82) is 0 Å². The average Bonchev–Trinajstić information content (AvgIpc) is 3.35. The van der Waals surface area contributed by atoms with Gasteiger partial charge in [-0.1, -0.05) is 29.5 Å². The highest BCUT2D eigenvalue weighted by Crippen LogP contribution is 2.35. The van der Waals surface area contributed by atoms with E-state index in [1.807, 2.05) is 30.3 Å². The number of rotatable bonds is 5. The average molecular weight is 465 g/mol. The van der Waals surface area contributed by atoms with Crippen molar-refractivity contribution in [2.75, 3.05) is 11.6 Å². The van der Waals surface area contributed by atoms with Crippen molar-refractivity contribution in [3.63, 3.8) is 0 Å². The van der Waals surface area contributed by atoms with E-state index in [0.29, 0.717) is 10.8 Å². The van der Waals surface area contributed by atoms with Gasteiger partial charge in [0.1, 0.15) is 0 Å². The molecule has 0 amide bonds. The molecule has 0 saturated heterocycles. The normalized spacial score (nSPS) is 12.1. The predicted molar refractivity (Wildman–Crippen MR) is 110 cm³/mol. The summed E-state index contributed by atoms with van der Waals surface area (Å²) in [5.74, 6) is -0.0574. The number of anilines is 2. The van der Waals surface area contributed by atoms with E-state index in [9.17, 15) is 21.6 Å². The van der Waals surface area contributed by atoms with Crippen LogP contribution in [0.5, 0.6) is 0 Å². The Morgan fingerprint density at radius 2 is 1.68 bits per heavy atom. The van der Waals surface area contributed by atoms with Gasteiger partial charge in [0.15, 0.2) is 26.4 Å². The third-order valence-electron chi connectivity index (χ3n) is 4.18. The van der Waals surface area contributed by atoms with Crippen molar-refractivity contribution in [2.24, 2.45) is 0 Å². The molecule has 12 heteroatoms. The number of nitrogens with zero attached hydrogens (tertiary/aromatic N) is 4. The van der Waals surface area contributed by atoms with Crippen molar-refractivity contribution < 1.29 is 21.6 Å². The summed E-state index contributed by atoms with van der Waals surface area (Å²) in [5.41, 5.74) is -0.0403. The van der Waals surface area contributed by atoms with Crippen LogP contribution >= 0.6 is 11.3 Å². The summed E-state index contributed by atoms with van der Waals surface area (Å²) in [5, 5.41) is 11.6. The van der Waals surface area contributed by atoms with Crippen LogP contribution in [0.4, 0.5) is 24.0 Å². The first kappa shape index (κ1) is 21.0. The van der Waals surface area contributed by atoms with Crippen LogP contribution < -0.4 is 5.32 Å². The number of benzene rings is 2. The third kappa shape index (κ3) is 4.59. The number of para-hydroxylation sites is 1. The van der Waals surface area contributed by atoms with Gasteiger partial charge < -0.3 is 5.32 Å². The maximum Gasteiger partial charge on any atom is 0.434 e. The first-order valence-corrected chi connectivity index (χ1v) is 11.4. The molecule has 0 radical (unpaired) electrons. The van der Waals surface area contributed by atoms with Gasteiger partial charge in [0.05, 0.1) is 4.90 Å². The van der Waals surface area contributed by atoms with Crippen molar-refractivity contribution in [1.82, 2.24) is 19.7 Å². The Hall–Kier alpha value is -3.25. The molecule has 2 aromatic heterocycles. The smallest absolute Gasteiger partial charge is 0.330 e. The van der Waals surface area contributed by atoms with Crippen molar-refractivity contribution in [3.05, 3.63) is 66.5 Å². The minimum atomic E-state index is -4.66. The summed E-state index contributed by atoms with van der Waals surface area (Å²) in [7, 11) is -3.44. The lowest BCUT2D eigenvalue weighted by Gasteiger charge is -2.06. The molecule has 4 aromatic rings. The van der Waals surface area contributed by atoms with Crippen molar-refractivity contribution in [2.45, 2.75) is 11.1 Å². The monoisotopic (exact) mass is 465 g/mol. The van der Waals surface area contributed by atoms with Gasteiger partial charge >= 0.3 is 6.18 Å². The summed E-state index contributed by atoms with van der Waals surface area (Å²) in [4.78, 5) is 3.77. The first-order chi connectivity index (χ1) is 14.6. The molecule has 4 rings (SSSR count). The van der Waals surface area contributed by atoms with E-state index in [1.165, 1.54) is 28.8 Å². The van der Waals surface area contributed by atoms with Crippen LogP contribution in [0, 0.1) is 0 Å². The molecule has 0 aliphatic carbocycles. The van der Waals surface area contributed by atoms with Gasteiger partial charge in [-0.15, -0.1) is 10.2 Å². The van der Waals surface area contributed by atoms with Crippen LogP contribution in [-0.2, 0) is 16.0 Å². The molecule has 0 fully saturated rings. The number of nitrogens with one attached hydrogen (secondary N) is 1. The zero-order chi connectivity index (χ0) is 22.2. The minimum absolute atomic E-state index is 0.0548. The second-order valence-electron chi connectivity index (χ2n) is 6.49. The fraction of sp³-hybridized carbons (Fsp3) is 0.105. The van der Waals surface area contributed by atoms with Gasteiger partial charge in [0.25, 0.3) is 0 Å². The van der Waals surface area contributed by atoms with Crippen molar-refractivity contribution >= 4 is 32.0 Å². The zero-order valence-electron chi connectivity index (χ0n) is 15.8. The van der Waals surface area contributed by atoms with Crippen LogP contribution in [0.2, 0.25) is 0 Å². The molecule has 0 bridgehead atoms. The maximum absolute atomic E-state index is 13.3. The lowest BCUT2D eigenvalue weighted by Crippen LogP contribution is -2.05. The fourth-order valence-electron chi connectivity index (χ4n) is 2.73. The summed E-state index contributed by atoms with van der Waals surface area (Å²) in [6, 6.07) is 14.6. The van der Waals surface area contributed by atoms with Crippen LogP contribution in [0.15, 0.2) is 65.7 Å². The van der Waals surface area contributed by atoms with E-state index in [0.717, 1.165) is 29.5 Å². The number of aromatic nitrogens is 4. The van der Waals surface area contributed by atoms with Gasteiger partial charge in [0, 0.05) is 23.8 Å². The van der Waals surface area contributed by atoms with E-state index in [4.69, 9.17) is 0 Å².